The van der Waals surface area contributed by atoms with Crippen LogP contribution < -0.4 is 10.6 Å². The summed E-state index contributed by atoms with van der Waals surface area (Å²) in [6.45, 7) is 11.0. The third-order valence-corrected chi connectivity index (χ3v) is 7.20. The number of hydrogen-bond acceptors (Lipinski definition) is 5. The number of unbranched alkanes of at least 4 members (excludes halogenated alkanes) is 2. The smallest absolute Gasteiger partial charge is 0.319 e. The van der Waals surface area contributed by atoms with Crippen LogP contribution in [0.25, 0.3) is 21.4 Å². The summed E-state index contributed by atoms with van der Waals surface area (Å²) in [4.78, 5) is 58.6. The second-order valence-corrected chi connectivity index (χ2v) is 9.98. The van der Waals surface area contributed by atoms with Gasteiger partial charge < -0.3 is 25.3 Å². The Morgan fingerprint density at radius 3 is 2.48 bits per heavy atom. The van der Waals surface area contributed by atoms with Gasteiger partial charge in [0.1, 0.15) is 0 Å². The fourth-order valence-electron chi connectivity index (χ4n) is 5.04. The fraction of sp³-hybridized carbons (Fsp3) is 0.344. The highest BCUT2D eigenvalue weighted by atomic mass is 16.5. The molecule has 1 saturated heterocycles. The minimum Gasteiger partial charge on any atom is -0.466 e. The van der Waals surface area contributed by atoms with E-state index in [1.165, 1.54) is 6.20 Å². The van der Waals surface area contributed by atoms with Crippen LogP contribution in [0.5, 0.6) is 0 Å². The zero-order valence-electron chi connectivity index (χ0n) is 23.7. The van der Waals surface area contributed by atoms with Crippen molar-refractivity contribution in [2.75, 3.05) is 31.6 Å². The summed E-state index contributed by atoms with van der Waals surface area (Å²) in [6.07, 6.45) is 5.14. The van der Waals surface area contributed by atoms with Crippen molar-refractivity contribution in [1.29, 1.82) is 0 Å². The quantitative estimate of drug-likeness (QED) is 0.0918. The standard InChI is InChI=1S/C32H35N5O5/c1-3-42-27(38)15-8-5-9-18-34-32(41)36-26-14-10-13-24-25(21-35-29(24)26)30(39)31(40)37-19-16-23(17-20-37)28(33-2)22-11-6-4-7-12-22/h4,6-7,10-14,21,35H,3,5,8-9,15-20H2,1H3,(H2,34,36,41). The molecule has 3 amide bonds. The van der Waals surface area contributed by atoms with E-state index in [0.29, 0.717) is 74.2 Å². The summed E-state index contributed by atoms with van der Waals surface area (Å²) in [6, 6.07) is 14.3. The molecule has 0 spiro atoms. The molecular weight excluding hydrogens is 534 g/mol. The van der Waals surface area contributed by atoms with Crippen LogP contribution in [0.3, 0.4) is 0 Å². The number of aromatic amines is 1. The van der Waals surface area contributed by atoms with Crippen LogP contribution in [0.1, 0.15) is 61.4 Å². The number of hydrogen-bond donors (Lipinski definition) is 3. The number of carbonyl (C=O) groups is 4. The van der Waals surface area contributed by atoms with Crippen LogP contribution in [-0.2, 0) is 14.3 Å². The first-order valence-corrected chi connectivity index (χ1v) is 14.2. The number of amides is 3. The number of Topliss-reactive ketones (excluding diaryl/α,β-unsaturated/α-hetero) is 1. The SMILES string of the molecule is [C-]#[N+]C(=C1CCN(C(=O)C(=O)c2c[nH]c3c(NC(=O)NCCCCCC(=O)OCC)cccc23)CC1)c1ccccc1. The predicted molar refractivity (Wildman–Crippen MR) is 161 cm³/mol. The molecule has 4 rings (SSSR count). The van der Waals surface area contributed by atoms with Crippen molar-refractivity contribution < 1.29 is 23.9 Å². The van der Waals surface area contributed by atoms with Gasteiger partial charge in [-0.2, -0.15) is 0 Å². The number of likely N-dealkylation sites (tertiary alicyclic amines) is 1. The largest absolute Gasteiger partial charge is 0.466 e. The second-order valence-electron chi connectivity index (χ2n) is 9.98. The van der Waals surface area contributed by atoms with E-state index in [1.807, 2.05) is 30.3 Å². The van der Waals surface area contributed by atoms with Crippen molar-refractivity contribution in [2.45, 2.75) is 45.4 Å². The number of rotatable bonds is 11. The van der Waals surface area contributed by atoms with Gasteiger partial charge in [0.25, 0.3) is 11.7 Å². The monoisotopic (exact) mass is 569 g/mol. The van der Waals surface area contributed by atoms with Crippen LogP contribution in [0, 0.1) is 6.57 Å². The van der Waals surface area contributed by atoms with Gasteiger partial charge in [0.15, 0.2) is 5.70 Å². The molecule has 0 bridgehead atoms. The molecule has 10 nitrogen and oxygen atoms in total. The Morgan fingerprint density at radius 1 is 1.00 bits per heavy atom. The Labute approximate surface area is 244 Å². The number of H-pyrrole nitrogens is 1. The Morgan fingerprint density at radius 2 is 1.76 bits per heavy atom. The first-order chi connectivity index (χ1) is 20.4. The Hall–Kier alpha value is -4.91. The summed E-state index contributed by atoms with van der Waals surface area (Å²) < 4.78 is 4.90. The van der Waals surface area contributed by atoms with E-state index in [4.69, 9.17) is 11.3 Å². The lowest BCUT2D eigenvalue weighted by Crippen LogP contribution is -2.40. The normalized spacial score (nSPS) is 12.9. The molecule has 0 radical (unpaired) electrons. The first-order valence-electron chi connectivity index (χ1n) is 14.2. The summed E-state index contributed by atoms with van der Waals surface area (Å²) >= 11 is 0. The van der Waals surface area contributed by atoms with Gasteiger partial charge in [-0.15, -0.1) is 0 Å². The molecule has 10 heteroatoms. The van der Waals surface area contributed by atoms with Crippen LogP contribution in [0.4, 0.5) is 10.5 Å². The molecule has 42 heavy (non-hydrogen) atoms. The highest BCUT2D eigenvalue weighted by molar-refractivity contribution is 6.45. The van der Waals surface area contributed by atoms with Gasteiger partial charge in [-0.25, -0.2) is 9.64 Å². The van der Waals surface area contributed by atoms with Crippen molar-refractivity contribution in [3.8, 4) is 0 Å². The van der Waals surface area contributed by atoms with E-state index in [-0.39, 0.29) is 11.5 Å². The average Bonchev–Trinajstić information content (AvgIpc) is 3.45. The van der Waals surface area contributed by atoms with Crippen LogP contribution in [0.15, 0.2) is 60.3 Å². The van der Waals surface area contributed by atoms with E-state index >= 15 is 0 Å². The van der Waals surface area contributed by atoms with Gasteiger partial charge in [0.2, 0.25) is 0 Å². The Bertz CT molecular complexity index is 1510. The number of nitrogens with one attached hydrogen (secondary N) is 3. The van der Waals surface area contributed by atoms with Crippen molar-refractivity contribution >= 4 is 46.0 Å². The van der Waals surface area contributed by atoms with E-state index in [0.717, 1.165) is 24.0 Å². The molecule has 0 aliphatic carbocycles. The molecule has 3 aromatic rings. The van der Waals surface area contributed by atoms with Crippen LogP contribution >= 0.6 is 0 Å². The van der Waals surface area contributed by atoms with E-state index in [1.54, 1.807) is 30.0 Å². The maximum absolute atomic E-state index is 13.3. The first kappa shape index (κ1) is 30.1. The molecule has 1 fully saturated rings. The number of ether oxygens (including phenoxy) is 1. The highest BCUT2D eigenvalue weighted by Crippen LogP contribution is 2.29. The number of esters is 1. The Kier molecular flexibility index (Phi) is 10.5. The van der Waals surface area contributed by atoms with Gasteiger partial charge in [-0.1, -0.05) is 54.5 Å². The summed E-state index contributed by atoms with van der Waals surface area (Å²) in [5.41, 5.74) is 3.74. The van der Waals surface area contributed by atoms with E-state index < -0.39 is 17.7 Å². The van der Waals surface area contributed by atoms with E-state index in [9.17, 15) is 19.2 Å². The number of fused-ring (bicyclic) bond motifs is 1. The minimum atomic E-state index is -0.619. The zero-order valence-corrected chi connectivity index (χ0v) is 23.7. The molecule has 1 aliphatic rings. The molecule has 1 aliphatic heterocycles. The molecule has 2 aromatic carbocycles. The van der Waals surface area contributed by atoms with Gasteiger partial charge in [-0.05, 0) is 44.2 Å². The van der Waals surface area contributed by atoms with Gasteiger partial charge in [0, 0.05) is 37.6 Å². The molecule has 0 saturated carbocycles. The van der Waals surface area contributed by atoms with Gasteiger partial charge in [0.05, 0.1) is 29.9 Å². The number of piperidine rings is 1. The topological polar surface area (TPSA) is 125 Å². The zero-order chi connectivity index (χ0) is 29.9. The number of aromatic nitrogens is 1. The van der Waals surface area contributed by atoms with Crippen molar-refractivity contribution in [3.05, 3.63) is 82.8 Å². The third-order valence-electron chi connectivity index (χ3n) is 7.20. The van der Waals surface area contributed by atoms with Crippen LogP contribution in [-0.4, -0.2) is 59.8 Å². The number of ketones is 1. The van der Waals surface area contributed by atoms with Crippen molar-refractivity contribution in [2.24, 2.45) is 0 Å². The number of nitrogens with zero attached hydrogens (tertiary/aromatic N) is 2. The molecule has 218 valence electrons. The summed E-state index contributed by atoms with van der Waals surface area (Å²) in [7, 11) is 0. The predicted octanol–water partition coefficient (Wildman–Crippen LogP) is 5.55. The molecule has 0 unspecified atom stereocenters. The highest BCUT2D eigenvalue weighted by Gasteiger charge is 2.29. The summed E-state index contributed by atoms with van der Waals surface area (Å²) in [5.74, 6) is -1.41. The summed E-state index contributed by atoms with van der Waals surface area (Å²) in [5, 5.41) is 6.14. The number of anilines is 1. The van der Waals surface area contributed by atoms with Gasteiger partial charge >= 0.3 is 12.0 Å². The van der Waals surface area contributed by atoms with E-state index in [2.05, 4.69) is 20.5 Å². The molecule has 3 N–H and O–H groups in total. The minimum absolute atomic E-state index is 0.210. The number of benzene rings is 2. The molecule has 1 aromatic heterocycles. The lowest BCUT2D eigenvalue weighted by atomic mass is 9.97. The molecule has 2 heterocycles. The lowest BCUT2D eigenvalue weighted by molar-refractivity contribution is -0.143. The third kappa shape index (κ3) is 7.43. The number of carbonyl (C=O) groups excluding carboxylic acids is 4. The van der Waals surface area contributed by atoms with Gasteiger partial charge in [-0.3, -0.25) is 14.4 Å². The number of para-hydroxylation sites is 1. The maximum atomic E-state index is 13.3. The molecular formula is C32H35N5O5. The lowest BCUT2D eigenvalue weighted by Gasteiger charge is -2.28. The van der Waals surface area contributed by atoms with Crippen LogP contribution in [0.2, 0.25) is 0 Å². The average molecular weight is 570 g/mol. The molecule has 0 atom stereocenters. The second kappa shape index (κ2) is 14.6. The van der Waals surface area contributed by atoms with Crippen molar-refractivity contribution in [3.63, 3.8) is 0 Å². The number of urea groups is 1. The maximum Gasteiger partial charge on any atom is 0.319 e. The Balaban J connectivity index is 1.32. The fourth-order valence-corrected chi connectivity index (χ4v) is 5.04. The van der Waals surface area contributed by atoms with Crippen molar-refractivity contribution in [1.82, 2.24) is 15.2 Å².